The van der Waals surface area contributed by atoms with Crippen molar-refractivity contribution in [2.75, 3.05) is 18.0 Å². The van der Waals surface area contributed by atoms with Crippen LogP contribution < -0.4 is 4.90 Å². The molecule has 1 N–H and O–H groups in total. The fraction of sp³-hybridized carbons (Fsp3) is 0.583. The van der Waals surface area contributed by atoms with E-state index in [1.54, 1.807) is 6.20 Å². The van der Waals surface area contributed by atoms with Gasteiger partial charge in [0.15, 0.2) is 0 Å². The molecule has 0 aromatic carbocycles. The Morgan fingerprint density at radius 2 is 2.29 bits per heavy atom. The van der Waals surface area contributed by atoms with Crippen LogP contribution in [0.3, 0.4) is 0 Å². The summed E-state index contributed by atoms with van der Waals surface area (Å²) < 4.78 is 0. The Kier molecular flexibility index (Phi) is 2.26. The van der Waals surface area contributed by atoms with Crippen molar-refractivity contribution in [2.24, 2.45) is 0 Å². The zero-order valence-electron chi connectivity index (χ0n) is 9.50. The number of hydrogen-bond acceptors (Lipinski definition) is 5. The molecule has 1 aromatic heterocycles. The summed E-state index contributed by atoms with van der Waals surface area (Å²) in [4.78, 5) is 10.8. The molecule has 0 radical (unpaired) electrons. The third-order valence-corrected chi connectivity index (χ3v) is 3.30. The number of anilines is 1. The molecule has 0 atom stereocenters. The minimum atomic E-state index is -0.848. The Balaban J connectivity index is 1.70. The molecule has 1 saturated carbocycles. The molecular formula is C12H14N4O. The van der Waals surface area contributed by atoms with Crippen LogP contribution in [0.2, 0.25) is 0 Å². The van der Waals surface area contributed by atoms with Gasteiger partial charge in [-0.05, 0) is 18.9 Å². The second-order valence-electron chi connectivity index (χ2n) is 4.96. The zero-order valence-corrected chi connectivity index (χ0v) is 9.50. The Hall–Kier alpha value is -1.67. The van der Waals surface area contributed by atoms with E-state index in [0.29, 0.717) is 19.0 Å². The molecule has 5 heteroatoms. The third-order valence-electron chi connectivity index (χ3n) is 3.30. The van der Waals surface area contributed by atoms with Crippen molar-refractivity contribution < 1.29 is 5.11 Å². The minimum absolute atomic E-state index is 0.185. The molecular weight excluding hydrogens is 216 g/mol. The number of nitriles is 1. The first kappa shape index (κ1) is 10.5. The number of nitrogens with zero attached hydrogens (tertiary/aromatic N) is 4. The fourth-order valence-electron chi connectivity index (χ4n) is 2.16. The Labute approximate surface area is 99.7 Å². The van der Waals surface area contributed by atoms with E-state index in [9.17, 15) is 5.11 Å². The summed E-state index contributed by atoms with van der Waals surface area (Å²) in [5, 5.41) is 18.5. The monoisotopic (exact) mass is 230 g/mol. The molecule has 0 bridgehead atoms. The van der Waals surface area contributed by atoms with Crippen LogP contribution in [0.4, 0.5) is 5.82 Å². The maximum Gasteiger partial charge on any atom is 0.133 e. The van der Waals surface area contributed by atoms with E-state index in [1.165, 1.54) is 12.8 Å². The van der Waals surface area contributed by atoms with E-state index in [0.717, 1.165) is 11.6 Å². The summed E-state index contributed by atoms with van der Waals surface area (Å²) >= 11 is 0. The van der Waals surface area contributed by atoms with Gasteiger partial charge in [0.25, 0.3) is 0 Å². The number of hydrogen-bond donors (Lipinski definition) is 1. The van der Waals surface area contributed by atoms with Crippen LogP contribution in [0, 0.1) is 11.3 Å². The van der Waals surface area contributed by atoms with Crippen LogP contribution in [-0.4, -0.2) is 33.8 Å². The molecule has 3 rings (SSSR count). The number of aromatic nitrogens is 2. The van der Waals surface area contributed by atoms with Crippen molar-refractivity contribution in [3.63, 3.8) is 0 Å². The molecule has 1 saturated heterocycles. The lowest BCUT2D eigenvalue weighted by molar-refractivity contribution is 0.0161. The van der Waals surface area contributed by atoms with Crippen LogP contribution in [0.15, 0.2) is 12.3 Å². The first-order valence-electron chi connectivity index (χ1n) is 5.87. The summed E-state index contributed by atoms with van der Waals surface area (Å²) in [6.45, 7) is 0.976. The second kappa shape index (κ2) is 3.67. The number of β-amino-alcohol motifs (C(OH)–C–C–N with tert-alkyl or cyclic N) is 1. The third kappa shape index (κ3) is 1.96. The van der Waals surface area contributed by atoms with E-state index < -0.39 is 5.60 Å². The average molecular weight is 230 g/mol. The van der Waals surface area contributed by atoms with Crippen LogP contribution in [0.1, 0.15) is 31.0 Å². The average Bonchev–Trinajstić information content (AvgIpc) is 3.10. The highest BCUT2D eigenvalue weighted by Gasteiger charge is 2.42. The van der Waals surface area contributed by atoms with Crippen molar-refractivity contribution in [3.05, 3.63) is 18.1 Å². The normalized spacial score (nSPS) is 21.8. The molecule has 0 unspecified atom stereocenters. The second-order valence-corrected chi connectivity index (χ2v) is 4.96. The standard InChI is InChI=1S/C12H14N4O/c13-5-4-12(17)7-16(8-12)10-3-6-14-11(15-10)9-1-2-9/h3,6,9,17H,1-2,4,7-8H2. The van der Waals surface area contributed by atoms with Gasteiger partial charge >= 0.3 is 0 Å². The lowest BCUT2D eigenvalue weighted by Crippen LogP contribution is -2.62. The largest absolute Gasteiger partial charge is 0.385 e. The highest BCUT2D eigenvalue weighted by molar-refractivity contribution is 5.44. The van der Waals surface area contributed by atoms with E-state index >= 15 is 0 Å². The van der Waals surface area contributed by atoms with Crippen LogP contribution in [-0.2, 0) is 0 Å². The Bertz CT molecular complexity index is 472. The summed E-state index contributed by atoms with van der Waals surface area (Å²) in [7, 11) is 0. The van der Waals surface area contributed by atoms with E-state index in [1.807, 2.05) is 17.0 Å². The molecule has 5 nitrogen and oxygen atoms in total. The van der Waals surface area contributed by atoms with Crippen molar-refractivity contribution in [1.82, 2.24) is 9.97 Å². The molecule has 1 aliphatic carbocycles. The maximum absolute atomic E-state index is 9.92. The summed E-state index contributed by atoms with van der Waals surface area (Å²) in [6.07, 6.45) is 4.32. The summed E-state index contributed by atoms with van der Waals surface area (Å²) in [6, 6.07) is 3.87. The number of rotatable bonds is 3. The number of aliphatic hydroxyl groups is 1. The van der Waals surface area contributed by atoms with Crippen LogP contribution in [0.25, 0.3) is 0 Å². The highest BCUT2D eigenvalue weighted by Crippen LogP contribution is 2.38. The topological polar surface area (TPSA) is 73.0 Å². The van der Waals surface area contributed by atoms with Gasteiger partial charge in [-0.1, -0.05) is 0 Å². The summed E-state index contributed by atoms with van der Waals surface area (Å²) in [5.74, 6) is 2.32. The van der Waals surface area contributed by atoms with Gasteiger partial charge in [-0.3, -0.25) is 0 Å². The molecule has 88 valence electrons. The molecule has 2 fully saturated rings. The maximum atomic E-state index is 9.92. The smallest absolute Gasteiger partial charge is 0.133 e. The first-order chi connectivity index (χ1) is 8.20. The predicted molar refractivity (Wildman–Crippen MR) is 61.4 cm³/mol. The first-order valence-corrected chi connectivity index (χ1v) is 5.87. The molecule has 17 heavy (non-hydrogen) atoms. The van der Waals surface area contributed by atoms with Crippen molar-refractivity contribution in [3.8, 4) is 6.07 Å². The van der Waals surface area contributed by atoms with E-state index in [4.69, 9.17) is 5.26 Å². The Morgan fingerprint density at radius 3 is 2.94 bits per heavy atom. The molecule has 1 aromatic rings. The van der Waals surface area contributed by atoms with Gasteiger partial charge in [-0.2, -0.15) is 5.26 Å². The van der Waals surface area contributed by atoms with Crippen molar-refractivity contribution in [1.29, 1.82) is 5.26 Å². The van der Waals surface area contributed by atoms with Gasteiger partial charge in [0.1, 0.15) is 17.2 Å². The quantitative estimate of drug-likeness (QED) is 0.832. The lowest BCUT2D eigenvalue weighted by atomic mass is 9.91. The molecule has 2 heterocycles. The van der Waals surface area contributed by atoms with Gasteiger partial charge in [0, 0.05) is 12.1 Å². The van der Waals surface area contributed by atoms with E-state index in [2.05, 4.69) is 9.97 Å². The fourth-order valence-corrected chi connectivity index (χ4v) is 2.16. The zero-order chi connectivity index (χ0) is 11.9. The molecule has 0 amide bonds. The molecule has 2 aliphatic rings. The van der Waals surface area contributed by atoms with Crippen LogP contribution in [0.5, 0.6) is 0 Å². The van der Waals surface area contributed by atoms with Crippen molar-refractivity contribution in [2.45, 2.75) is 30.8 Å². The Morgan fingerprint density at radius 1 is 1.53 bits per heavy atom. The van der Waals surface area contributed by atoms with Gasteiger partial charge in [0.2, 0.25) is 0 Å². The van der Waals surface area contributed by atoms with Gasteiger partial charge in [-0.15, -0.1) is 0 Å². The van der Waals surface area contributed by atoms with Gasteiger partial charge < -0.3 is 10.0 Å². The van der Waals surface area contributed by atoms with Gasteiger partial charge in [-0.25, -0.2) is 9.97 Å². The van der Waals surface area contributed by atoms with Crippen molar-refractivity contribution >= 4 is 5.82 Å². The highest BCUT2D eigenvalue weighted by atomic mass is 16.3. The van der Waals surface area contributed by atoms with Crippen LogP contribution >= 0.6 is 0 Å². The lowest BCUT2D eigenvalue weighted by Gasteiger charge is -2.46. The van der Waals surface area contributed by atoms with E-state index in [-0.39, 0.29) is 6.42 Å². The molecule has 1 aliphatic heterocycles. The molecule has 0 spiro atoms. The predicted octanol–water partition coefficient (Wildman–Crippen LogP) is 0.819. The summed E-state index contributed by atoms with van der Waals surface area (Å²) in [5.41, 5.74) is -0.848. The van der Waals surface area contributed by atoms with Gasteiger partial charge in [0.05, 0.1) is 25.6 Å². The SMILES string of the molecule is N#CCC1(O)CN(c2ccnc(C3CC3)n2)C1. The minimum Gasteiger partial charge on any atom is -0.385 e.